The van der Waals surface area contributed by atoms with Gasteiger partial charge in [-0.2, -0.15) is 0 Å². The maximum Gasteiger partial charge on any atom is 0.222 e. The Morgan fingerprint density at radius 1 is 0.658 bits per heavy atom. The summed E-state index contributed by atoms with van der Waals surface area (Å²) in [6, 6.07) is -0.667. The van der Waals surface area contributed by atoms with Crippen LogP contribution >= 0.6 is 0 Å². The topological polar surface area (TPSA) is 89.8 Å². The molecule has 5 heteroatoms. The Bertz CT molecular complexity index is 525. The van der Waals surface area contributed by atoms with Gasteiger partial charge in [0, 0.05) is 0 Å². The molecule has 0 heterocycles. The summed E-state index contributed by atoms with van der Waals surface area (Å²) in [6.45, 7) is 4.17. The van der Waals surface area contributed by atoms with E-state index < -0.39 is 18.2 Å². The minimum Gasteiger partial charge on any atom is -0.394 e. The Balaban J connectivity index is 3.69. The molecule has 0 aromatic carbocycles. The minimum absolute atomic E-state index is 0.0115. The third-order valence-electron chi connectivity index (χ3n) is 7.58. The number of unbranched alkanes of at least 4 members (excludes halogenated alkanes) is 19. The van der Waals surface area contributed by atoms with Gasteiger partial charge in [-0.15, -0.1) is 0 Å². The lowest BCUT2D eigenvalue weighted by molar-refractivity contribution is -0.125. The fraction of sp³-hybridized carbons (Fsp3) is 0.909. The molecule has 1 amide bonds. The second kappa shape index (κ2) is 29.1. The number of amides is 1. The van der Waals surface area contributed by atoms with Crippen molar-refractivity contribution < 1.29 is 20.1 Å². The Morgan fingerprint density at radius 3 is 1.58 bits per heavy atom. The lowest BCUT2D eigenvalue weighted by atomic mass is 10.0. The first-order chi connectivity index (χ1) is 18.5. The van der Waals surface area contributed by atoms with Crippen molar-refractivity contribution in [2.24, 2.45) is 0 Å². The first kappa shape index (κ1) is 37.1. The van der Waals surface area contributed by atoms with Crippen LogP contribution in [-0.2, 0) is 4.79 Å². The molecule has 0 fully saturated rings. The van der Waals surface area contributed by atoms with Gasteiger partial charge in [-0.05, 0) is 25.7 Å². The summed E-state index contributed by atoms with van der Waals surface area (Å²) in [5.41, 5.74) is 0. The molecule has 0 aromatic heterocycles. The highest BCUT2D eigenvalue weighted by Crippen LogP contribution is 2.15. The predicted molar refractivity (Wildman–Crippen MR) is 162 cm³/mol. The highest BCUT2D eigenvalue weighted by molar-refractivity contribution is 5.76. The van der Waals surface area contributed by atoms with Crippen molar-refractivity contribution >= 4 is 5.91 Å². The highest BCUT2D eigenvalue weighted by atomic mass is 16.3. The lowest BCUT2D eigenvalue weighted by Gasteiger charge is -2.23. The van der Waals surface area contributed by atoms with Gasteiger partial charge in [0.15, 0.2) is 0 Å². The van der Waals surface area contributed by atoms with Crippen molar-refractivity contribution in [3.63, 3.8) is 0 Å². The maximum absolute atomic E-state index is 12.2. The van der Waals surface area contributed by atoms with Gasteiger partial charge in [0.25, 0.3) is 0 Å². The van der Waals surface area contributed by atoms with Crippen LogP contribution in [0.4, 0.5) is 0 Å². The normalized spacial score (nSPS) is 14.1. The molecule has 0 aromatic rings. The van der Waals surface area contributed by atoms with Crippen molar-refractivity contribution in [1.82, 2.24) is 5.32 Å². The van der Waals surface area contributed by atoms with Crippen LogP contribution in [0.15, 0.2) is 12.2 Å². The maximum atomic E-state index is 12.2. The summed E-state index contributed by atoms with van der Waals surface area (Å²) in [5.74, 6) is -0.320. The summed E-state index contributed by atoms with van der Waals surface area (Å²) in [6.07, 6.45) is 30.4. The number of hydrogen-bond donors (Lipinski definition) is 4. The Labute approximate surface area is 236 Å². The molecule has 5 nitrogen and oxygen atoms in total. The van der Waals surface area contributed by atoms with Crippen LogP contribution in [0.1, 0.15) is 168 Å². The Hall–Kier alpha value is -0.910. The zero-order valence-corrected chi connectivity index (χ0v) is 25.3. The van der Waals surface area contributed by atoms with Gasteiger partial charge in [-0.3, -0.25) is 4.79 Å². The van der Waals surface area contributed by atoms with Crippen LogP contribution in [0.2, 0.25) is 0 Å². The summed E-state index contributed by atoms with van der Waals surface area (Å²) in [7, 11) is 0. The molecule has 3 unspecified atom stereocenters. The molecule has 0 rings (SSSR count). The molecule has 4 N–H and O–H groups in total. The fourth-order valence-corrected chi connectivity index (χ4v) is 4.99. The van der Waals surface area contributed by atoms with Gasteiger partial charge in [0.05, 0.1) is 31.3 Å². The fourth-order valence-electron chi connectivity index (χ4n) is 4.99. The molecule has 0 aliphatic heterocycles. The standard InChI is InChI=1S/C33H65NO4/c1-3-5-7-9-11-12-13-14-15-16-17-18-19-21-23-25-27-32(37)31(29-35)34-33(38)28-30(36)26-24-22-20-10-8-6-4-2/h22,24,30-32,35-37H,3-21,23,25-29H2,1-2H3,(H,34,38)/b24-22-. The van der Waals surface area contributed by atoms with E-state index in [0.29, 0.717) is 12.8 Å². The van der Waals surface area contributed by atoms with Crippen molar-refractivity contribution in [2.75, 3.05) is 6.61 Å². The molecule has 38 heavy (non-hydrogen) atoms. The third-order valence-corrected chi connectivity index (χ3v) is 7.58. The van der Waals surface area contributed by atoms with Gasteiger partial charge in [-0.25, -0.2) is 0 Å². The first-order valence-corrected chi connectivity index (χ1v) is 16.5. The zero-order chi connectivity index (χ0) is 28.1. The molecule has 0 saturated heterocycles. The van der Waals surface area contributed by atoms with Gasteiger partial charge >= 0.3 is 0 Å². The van der Waals surface area contributed by atoms with E-state index in [1.54, 1.807) is 0 Å². The lowest BCUT2D eigenvalue weighted by Crippen LogP contribution is -2.46. The smallest absolute Gasteiger partial charge is 0.222 e. The van der Waals surface area contributed by atoms with Crippen LogP contribution in [0.25, 0.3) is 0 Å². The SMILES string of the molecule is CCCCCC/C=C\CC(O)CC(=O)NC(CO)C(O)CCCCCCCCCCCCCCCCCC. The number of carbonyl (C=O) groups excluding carboxylic acids is 1. The highest BCUT2D eigenvalue weighted by Gasteiger charge is 2.21. The second-order valence-corrected chi connectivity index (χ2v) is 11.4. The number of aliphatic hydroxyl groups excluding tert-OH is 3. The predicted octanol–water partition coefficient (Wildman–Crippen LogP) is 8.14. The largest absolute Gasteiger partial charge is 0.394 e. The van der Waals surface area contributed by atoms with E-state index >= 15 is 0 Å². The summed E-state index contributed by atoms with van der Waals surface area (Å²) in [4.78, 5) is 12.2. The van der Waals surface area contributed by atoms with Gasteiger partial charge in [0.2, 0.25) is 5.91 Å². The molecule has 0 aliphatic carbocycles. The van der Waals surface area contributed by atoms with E-state index in [2.05, 4.69) is 25.2 Å². The second-order valence-electron chi connectivity index (χ2n) is 11.4. The van der Waals surface area contributed by atoms with E-state index in [4.69, 9.17) is 0 Å². The molecular formula is C33H65NO4. The number of rotatable bonds is 29. The van der Waals surface area contributed by atoms with Crippen molar-refractivity contribution in [3.05, 3.63) is 12.2 Å². The quantitative estimate of drug-likeness (QED) is 0.0570. The third kappa shape index (κ3) is 25.4. The van der Waals surface area contributed by atoms with Crippen LogP contribution in [0, 0.1) is 0 Å². The number of allylic oxidation sites excluding steroid dienone is 1. The van der Waals surface area contributed by atoms with E-state index in [0.717, 1.165) is 25.7 Å². The number of hydrogen-bond acceptors (Lipinski definition) is 4. The molecule has 3 atom stereocenters. The van der Waals surface area contributed by atoms with Gasteiger partial charge < -0.3 is 20.6 Å². The Morgan fingerprint density at radius 2 is 1.11 bits per heavy atom. The van der Waals surface area contributed by atoms with E-state index in [1.807, 2.05) is 6.08 Å². The van der Waals surface area contributed by atoms with Gasteiger partial charge in [0.1, 0.15) is 0 Å². The average Bonchev–Trinajstić information content (AvgIpc) is 2.90. The molecule has 0 spiro atoms. The molecule has 226 valence electrons. The molecule has 0 radical (unpaired) electrons. The van der Waals surface area contributed by atoms with E-state index in [-0.39, 0.29) is 18.9 Å². The van der Waals surface area contributed by atoms with E-state index in [1.165, 1.54) is 109 Å². The number of carbonyl (C=O) groups is 1. The van der Waals surface area contributed by atoms with Crippen LogP contribution < -0.4 is 5.32 Å². The monoisotopic (exact) mass is 539 g/mol. The van der Waals surface area contributed by atoms with E-state index in [9.17, 15) is 20.1 Å². The van der Waals surface area contributed by atoms with Crippen molar-refractivity contribution in [1.29, 1.82) is 0 Å². The van der Waals surface area contributed by atoms with Crippen molar-refractivity contribution in [3.8, 4) is 0 Å². The number of aliphatic hydroxyl groups is 3. The van der Waals surface area contributed by atoms with Gasteiger partial charge in [-0.1, -0.05) is 148 Å². The minimum atomic E-state index is -0.754. The zero-order valence-electron chi connectivity index (χ0n) is 25.3. The Kier molecular flexibility index (Phi) is 28.4. The van der Waals surface area contributed by atoms with Crippen LogP contribution in [0.3, 0.4) is 0 Å². The van der Waals surface area contributed by atoms with Crippen molar-refractivity contribution in [2.45, 2.75) is 186 Å². The summed E-state index contributed by atoms with van der Waals surface area (Å²) in [5, 5.41) is 32.9. The number of nitrogens with one attached hydrogen (secondary N) is 1. The molecule has 0 bridgehead atoms. The molecule has 0 aliphatic rings. The summed E-state index contributed by atoms with van der Waals surface area (Å²) < 4.78 is 0. The first-order valence-electron chi connectivity index (χ1n) is 16.5. The summed E-state index contributed by atoms with van der Waals surface area (Å²) >= 11 is 0. The average molecular weight is 540 g/mol. The molecular weight excluding hydrogens is 474 g/mol. The van der Waals surface area contributed by atoms with Crippen LogP contribution in [-0.4, -0.2) is 46.1 Å². The molecule has 0 saturated carbocycles. The van der Waals surface area contributed by atoms with Crippen LogP contribution in [0.5, 0.6) is 0 Å².